The van der Waals surface area contributed by atoms with Gasteiger partial charge >= 0.3 is 5.97 Å². The van der Waals surface area contributed by atoms with Crippen molar-refractivity contribution in [2.45, 2.75) is 26.3 Å². The van der Waals surface area contributed by atoms with Crippen molar-refractivity contribution in [3.05, 3.63) is 24.5 Å². The lowest BCUT2D eigenvalue weighted by Gasteiger charge is -2.36. The number of rotatable bonds is 4. The Kier molecular flexibility index (Phi) is 3.29. The van der Waals surface area contributed by atoms with Gasteiger partial charge < -0.3 is 10.0 Å². The SMILES string of the molecule is CCN(c1ccncc1)C(C)(C)C(=O)O. The summed E-state index contributed by atoms with van der Waals surface area (Å²) in [4.78, 5) is 16.9. The molecule has 0 bridgehead atoms. The zero-order valence-corrected chi connectivity index (χ0v) is 9.27. The average Bonchev–Trinajstić information content (AvgIpc) is 2.19. The van der Waals surface area contributed by atoms with Crippen LogP contribution in [0.1, 0.15) is 20.8 Å². The van der Waals surface area contributed by atoms with Gasteiger partial charge in [-0.1, -0.05) is 0 Å². The van der Waals surface area contributed by atoms with Crippen LogP contribution in [0.3, 0.4) is 0 Å². The minimum absolute atomic E-state index is 0.642. The topological polar surface area (TPSA) is 53.4 Å². The molecule has 0 aromatic carbocycles. The lowest BCUT2D eigenvalue weighted by atomic mass is 10.0. The van der Waals surface area contributed by atoms with E-state index in [0.29, 0.717) is 6.54 Å². The molecule has 1 N–H and O–H groups in total. The van der Waals surface area contributed by atoms with Crippen LogP contribution in [0.2, 0.25) is 0 Å². The van der Waals surface area contributed by atoms with Crippen LogP contribution in [0.25, 0.3) is 0 Å². The molecule has 0 amide bonds. The van der Waals surface area contributed by atoms with Gasteiger partial charge in [-0.3, -0.25) is 4.98 Å². The number of carboxylic acid groups (broad SMARTS) is 1. The highest BCUT2D eigenvalue weighted by Gasteiger charge is 2.33. The minimum atomic E-state index is -0.907. The first-order chi connectivity index (χ1) is 7.00. The zero-order chi connectivity index (χ0) is 11.5. The molecular formula is C11H16N2O2. The van der Waals surface area contributed by atoms with E-state index in [1.165, 1.54) is 0 Å². The number of carboxylic acids is 1. The van der Waals surface area contributed by atoms with Crippen molar-refractivity contribution < 1.29 is 9.90 Å². The molecule has 0 aliphatic heterocycles. The molecule has 0 saturated carbocycles. The second-order valence-electron chi connectivity index (χ2n) is 3.81. The van der Waals surface area contributed by atoms with E-state index >= 15 is 0 Å². The summed E-state index contributed by atoms with van der Waals surface area (Å²) in [5.74, 6) is -0.832. The summed E-state index contributed by atoms with van der Waals surface area (Å²) < 4.78 is 0. The van der Waals surface area contributed by atoms with Crippen molar-refractivity contribution in [2.24, 2.45) is 0 Å². The van der Waals surface area contributed by atoms with Gasteiger partial charge in [0.1, 0.15) is 5.54 Å². The number of pyridine rings is 1. The smallest absolute Gasteiger partial charge is 0.328 e. The van der Waals surface area contributed by atoms with Crippen molar-refractivity contribution in [2.75, 3.05) is 11.4 Å². The normalized spacial score (nSPS) is 11.1. The van der Waals surface area contributed by atoms with Crippen LogP contribution in [-0.2, 0) is 4.79 Å². The number of hydrogen-bond acceptors (Lipinski definition) is 3. The highest BCUT2D eigenvalue weighted by molar-refractivity contribution is 5.82. The molecule has 0 fully saturated rings. The number of aliphatic carboxylic acids is 1. The Morgan fingerprint density at radius 3 is 2.40 bits per heavy atom. The minimum Gasteiger partial charge on any atom is -0.480 e. The van der Waals surface area contributed by atoms with Crippen molar-refractivity contribution in [3.63, 3.8) is 0 Å². The third-order valence-electron chi connectivity index (χ3n) is 2.49. The second-order valence-corrected chi connectivity index (χ2v) is 3.81. The largest absolute Gasteiger partial charge is 0.480 e. The molecule has 4 heteroatoms. The first kappa shape index (κ1) is 11.5. The molecule has 1 aromatic rings. The van der Waals surface area contributed by atoms with E-state index < -0.39 is 11.5 Å². The zero-order valence-electron chi connectivity index (χ0n) is 9.27. The third kappa shape index (κ3) is 2.26. The Morgan fingerprint density at radius 1 is 1.47 bits per heavy atom. The summed E-state index contributed by atoms with van der Waals surface area (Å²) in [5, 5.41) is 9.15. The Labute approximate surface area is 89.6 Å². The van der Waals surface area contributed by atoms with Gasteiger partial charge in [0.05, 0.1) is 0 Å². The molecule has 0 aliphatic carbocycles. The van der Waals surface area contributed by atoms with Crippen molar-refractivity contribution in [3.8, 4) is 0 Å². The molecule has 82 valence electrons. The fourth-order valence-corrected chi connectivity index (χ4v) is 1.54. The van der Waals surface area contributed by atoms with Crippen LogP contribution in [0.15, 0.2) is 24.5 Å². The molecule has 0 aliphatic rings. The van der Waals surface area contributed by atoms with Crippen LogP contribution in [0, 0.1) is 0 Å². The Balaban J connectivity index is 3.05. The van der Waals surface area contributed by atoms with Crippen LogP contribution in [0.5, 0.6) is 0 Å². The summed E-state index contributed by atoms with van der Waals surface area (Å²) in [6.07, 6.45) is 3.33. The van der Waals surface area contributed by atoms with E-state index in [0.717, 1.165) is 5.69 Å². The average molecular weight is 208 g/mol. The molecular weight excluding hydrogens is 192 g/mol. The van der Waals surface area contributed by atoms with Crippen LogP contribution in [-0.4, -0.2) is 28.1 Å². The highest BCUT2D eigenvalue weighted by atomic mass is 16.4. The quantitative estimate of drug-likeness (QED) is 0.819. The van der Waals surface area contributed by atoms with E-state index in [1.807, 2.05) is 24.0 Å². The van der Waals surface area contributed by atoms with Gasteiger partial charge in [-0.25, -0.2) is 4.79 Å². The Hall–Kier alpha value is -1.58. The molecule has 1 heterocycles. The Morgan fingerprint density at radius 2 is 2.00 bits per heavy atom. The molecule has 0 spiro atoms. The number of anilines is 1. The standard InChI is InChI=1S/C11H16N2O2/c1-4-13(11(2,3)10(14)15)9-5-7-12-8-6-9/h5-8H,4H2,1-3H3,(H,14,15). The number of hydrogen-bond donors (Lipinski definition) is 1. The lowest BCUT2D eigenvalue weighted by molar-refractivity contribution is -0.142. The predicted octanol–water partition coefficient (Wildman–Crippen LogP) is 1.77. The first-order valence-electron chi connectivity index (χ1n) is 4.91. The van der Waals surface area contributed by atoms with Crippen molar-refractivity contribution in [1.82, 2.24) is 4.98 Å². The molecule has 15 heavy (non-hydrogen) atoms. The Bertz CT molecular complexity index is 336. The van der Waals surface area contributed by atoms with Gasteiger partial charge in [0.15, 0.2) is 0 Å². The molecule has 0 saturated heterocycles. The van der Waals surface area contributed by atoms with Crippen LogP contribution >= 0.6 is 0 Å². The van der Waals surface area contributed by atoms with E-state index in [9.17, 15) is 4.79 Å². The van der Waals surface area contributed by atoms with Gasteiger partial charge in [-0.15, -0.1) is 0 Å². The maximum absolute atomic E-state index is 11.1. The monoisotopic (exact) mass is 208 g/mol. The van der Waals surface area contributed by atoms with Gasteiger partial charge in [-0.2, -0.15) is 0 Å². The van der Waals surface area contributed by atoms with E-state index in [4.69, 9.17) is 5.11 Å². The number of aromatic nitrogens is 1. The number of likely N-dealkylation sites (N-methyl/N-ethyl adjacent to an activating group) is 1. The molecule has 0 atom stereocenters. The fourth-order valence-electron chi connectivity index (χ4n) is 1.54. The summed E-state index contributed by atoms with van der Waals surface area (Å²) in [5.41, 5.74) is -0.0317. The summed E-state index contributed by atoms with van der Waals surface area (Å²) in [7, 11) is 0. The number of carbonyl (C=O) groups is 1. The van der Waals surface area contributed by atoms with E-state index in [-0.39, 0.29) is 0 Å². The van der Waals surface area contributed by atoms with Gasteiger partial charge in [-0.05, 0) is 32.9 Å². The second kappa shape index (κ2) is 4.29. The van der Waals surface area contributed by atoms with E-state index in [1.54, 1.807) is 26.2 Å². The summed E-state index contributed by atoms with van der Waals surface area (Å²) in [6, 6.07) is 3.63. The summed E-state index contributed by atoms with van der Waals surface area (Å²) in [6.45, 7) is 5.97. The van der Waals surface area contributed by atoms with Crippen molar-refractivity contribution in [1.29, 1.82) is 0 Å². The summed E-state index contributed by atoms with van der Waals surface area (Å²) >= 11 is 0. The maximum atomic E-state index is 11.1. The maximum Gasteiger partial charge on any atom is 0.328 e. The molecule has 0 unspecified atom stereocenters. The fraction of sp³-hybridized carbons (Fsp3) is 0.455. The molecule has 1 rings (SSSR count). The van der Waals surface area contributed by atoms with Crippen molar-refractivity contribution >= 4 is 11.7 Å². The van der Waals surface area contributed by atoms with Crippen LogP contribution in [0.4, 0.5) is 5.69 Å². The van der Waals surface area contributed by atoms with Gasteiger partial charge in [0.2, 0.25) is 0 Å². The van der Waals surface area contributed by atoms with Crippen LogP contribution < -0.4 is 4.90 Å². The van der Waals surface area contributed by atoms with Gasteiger partial charge in [0.25, 0.3) is 0 Å². The first-order valence-corrected chi connectivity index (χ1v) is 4.91. The third-order valence-corrected chi connectivity index (χ3v) is 2.49. The number of nitrogens with zero attached hydrogens (tertiary/aromatic N) is 2. The molecule has 1 aromatic heterocycles. The van der Waals surface area contributed by atoms with Gasteiger partial charge in [0, 0.05) is 24.6 Å². The molecule has 0 radical (unpaired) electrons. The van der Waals surface area contributed by atoms with E-state index in [2.05, 4.69) is 4.98 Å². The lowest BCUT2D eigenvalue weighted by Crippen LogP contribution is -2.50. The highest BCUT2D eigenvalue weighted by Crippen LogP contribution is 2.23. The predicted molar refractivity (Wildman–Crippen MR) is 59.0 cm³/mol. The molecule has 4 nitrogen and oxygen atoms in total.